The number of anilines is 1. The third kappa shape index (κ3) is 4.25. The molecule has 0 bridgehead atoms. The number of nitrogens with one attached hydrogen (secondary N) is 1. The molecule has 0 amide bonds. The summed E-state index contributed by atoms with van der Waals surface area (Å²) in [5, 5.41) is 1.03. The summed E-state index contributed by atoms with van der Waals surface area (Å²) < 4.78 is 34.7. The first-order valence-electron chi connectivity index (χ1n) is 11.3. The zero-order valence-corrected chi connectivity index (χ0v) is 20.0. The van der Waals surface area contributed by atoms with E-state index in [2.05, 4.69) is 39.3 Å². The minimum atomic E-state index is -3.65. The van der Waals surface area contributed by atoms with Crippen LogP contribution in [-0.2, 0) is 22.9 Å². The summed E-state index contributed by atoms with van der Waals surface area (Å²) in [4.78, 5) is 0.274. The molecule has 1 heterocycles. The number of aryl methyl sites for hydroxylation is 1. The number of fused-ring (bicyclic) bond motifs is 3. The van der Waals surface area contributed by atoms with Crippen LogP contribution >= 0.6 is 0 Å². The predicted octanol–water partition coefficient (Wildman–Crippen LogP) is 6.90. The Morgan fingerprint density at radius 3 is 2.48 bits per heavy atom. The van der Waals surface area contributed by atoms with Crippen LogP contribution in [0.5, 0.6) is 0 Å². The van der Waals surface area contributed by atoms with Crippen LogP contribution in [-0.4, -0.2) is 8.42 Å². The van der Waals surface area contributed by atoms with Crippen LogP contribution in [0.2, 0.25) is 0 Å². The van der Waals surface area contributed by atoms with Gasteiger partial charge in [0, 0.05) is 23.1 Å². The molecular weight excluding hydrogens is 406 g/mol. The van der Waals surface area contributed by atoms with Crippen molar-refractivity contribution in [3.8, 4) is 0 Å². The summed E-state index contributed by atoms with van der Waals surface area (Å²) in [5.74, 6) is 2.02. The first kappa shape index (κ1) is 21.9. The molecule has 3 aromatic rings. The van der Waals surface area contributed by atoms with Gasteiger partial charge in [0.15, 0.2) is 0 Å². The Morgan fingerprint density at radius 1 is 1.13 bits per heavy atom. The molecule has 0 saturated carbocycles. The van der Waals surface area contributed by atoms with Gasteiger partial charge in [-0.1, -0.05) is 53.2 Å². The lowest BCUT2D eigenvalue weighted by atomic mass is 9.69. The number of hydrogen-bond acceptors (Lipinski definition) is 3. The van der Waals surface area contributed by atoms with Gasteiger partial charge in [-0.3, -0.25) is 4.72 Å². The van der Waals surface area contributed by atoms with E-state index in [4.69, 9.17) is 4.42 Å². The molecule has 1 aliphatic rings. The molecule has 1 aromatic heterocycles. The topological polar surface area (TPSA) is 59.3 Å². The summed E-state index contributed by atoms with van der Waals surface area (Å²) in [6, 6.07) is 12.7. The summed E-state index contributed by atoms with van der Waals surface area (Å²) in [6.07, 6.45) is 4.21. The molecule has 0 saturated heterocycles. The van der Waals surface area contributed by atoms with Gasteiger partial charge in [-0.05, 0) is 66.0 Å². The fourth-order valence-electron chi connectivity index (χ4n) is 4.54. The van der Waals surface area contributed by atoms with Crippen LogP contribution in [0.1, 0.15) is 70.3 Å². The highest BCUT2D eigenvalue weighted by atomic mass is 32.2. The van der Waals surface area contributed by atoms with Crippen molar-refractivity contribution < 1.29 is 12.8 Å². The van der Waals surface area contributed by atoms with E-state index in [0.29, 0.717) is 17.5 Å². The fourth-order valence-corrected chi connectivity index (χ4v) is 5.59. The zero-order valence-electron chi connectivity index (χ0n) is 19.2. The molecule has 4 nitrogen and oxygen atoms in total. The molecule has 0 aliphatic heterocycles. The Labute approximate surface area is 186 Å². The summed E-state index contributed by atoms with van der Waals surface area (Å²) in [7, 11) is -3.65. The molecule has 0 radical (unpaired) electrons. The van der Waals surface area contributed by atoms with Crippen molar-refractivity contribution in [1.29, 1.82) is 0 Å². The highest BCUT2D eigenvalue weighted by molar-refractivity contribution is 7.92. The first-order valence-corrected chi connectivity index (χ1v) is 12.8. The van der Waals surface area contributed by atoms with Crippen molar-refractivity contribution in [3.05, 3.63) is 59.4 Å². The number of sulfonamides is 1. The number of rotatable bonds is 6. The van der Waals surface area contributed by atoms with Crippen LogP contribution in [0.15, 0.2) is 51.8 Å². The molecule has 1 atom stereocenters. The summed E-state index contributed by atoms with van der Waals surface area (Å²) >= 11 is 0. The smallest absolute Gasteiger partial charge is 0.261 e. The maximum atomic E-state index is 12.9. The number of benzene rings is 2. The standard InChI is InChI=1S/C26H33NO3S/c1-6-26(4,5)19-9-13-24-22(15-19)23-16-20(10-14-25(23)30-24)27-31(28,29)21-11-7-18(8-12-21)17(2)3/h7-8,10-12,14,16-17,19,27H,6,9,13,15H2,1-5H3/t19-/m0/s1. The van der Waals surface area contributed by atoms with E-state index >= 15 is 0 Å². The van der Waals surface area contributed by atoms with Crippen LogP contribution in [0.25, 0.3) is 11.0 Å². The van der Waals surface area contributed by atoms with Gasteiger partial charge >= 0.3 is 0 Å². The summed E-state index contributed by atoms with van der Waals surface area (Å²) in [5.41, 5.74) is 4.05. The maximum absolute atomic E-state index is 12.9. The highest BCUT2D eigenvalue weighted by Gasteiger charge is 2.33. The molecule has 1 aliphatic carbocycles. The second-order valence-corrected chi connectivity index (χ2v) is 11.5. The van der Waals surface area contributed by atoms with E-state index < -0.39 is 10.0 Å². The molecule has 31 heavy (non-hydrogen) atoms. The third-order valence-electron chi connectivity index (χ3n) is 7.17. The van der Waals surface area contributed by atoms with E-state index in [9.17, 15) is 8.42 Å². The predicted molar refractivity (Wildman–Crippen MR) is 127 cm³/mol. The second-order valence-electron chi connectivity index (χ2n) is 9.83. The third-order valence-corrected chi connectivity index (χ3v) is 8.57. The van der Waals surface area contributed by atoms with E-state index in [1.54, 1.807) is 18.2 Å². The van der Waals surface area contributed by atoms with E-state index in [1.165, 1.54) is 5.56 Å². The van der Waals surface area contributed by atoms with E-state index in [1.807, 2.05) is 24.3 Å². The van der Waals surface area contributed by atoms with Crippen molar-refractivity contribution >= 4 is 26.7 Å². The number of furan rings is 1. The first-order chi connectivity index (χ1) is 14.6. The van der Waals surface area contributed by atoms with Gasteiger partial charge in [-0.25, -0.2) is 8.42 Å². The largest absolute Gasteiger partial charge is 0.461 e. The quantitative estimate of drug-likeness (QED) is 0.454. The van der Waals surface area contributed by atoms with Crippen LogP contribution in [0, 0.1) is 11.3 Å². The molecule has 0 spiro atoms. The van der Waals surface area contributed by atoms with Crippen LogP contribution in [0.4, 0.5) is 5.69 Å². The van der Waals surface area contributed by atoms with E-state index in [-0.39, 0.29) is 10.3 Å². The van der Waals surface area contributed by atoms with Gasteiger partial charge in [-0.2, -0.15) is 0 Å². The van der Waals surface area contributed by atoms with Gasteiger partial charge < -0.3 is 4.42 Å². The molecule has 0 fully saturated rings. The van der Waals surface area contributed by atoms with Gasteiger partial charge in [-0.15, -0.1) is 0 Å². The lowest BCUT2D eigenvalue weighted by Gasteiger charge is -2.36. The molecule has 1 N–H and O–H groups in total. The van der Waals surface area contributed by atoms with Gasteiger partial charge in [0.2, 0.25) is 0 Å². The van der Waals surface area contributed by atoms with Crippen LogP contribution in [0.3, 0.4) is 0 Å². The average Bonchev–Trinajstić information content (AvgIpc) is 3.10. The Kier molecular flexibility index (Phi) is 5.67. The Morgan fingerprint density at radius 2 is 1.84 bits per heavy atom. The van der Waals surface area contributed by atoms with Crippen molar-refractivity contribution in [2.75, 3.05) is 4.72 Å². The molecular formula is C26H33NO3S. The Balaban J connectivity index is 1.63. The summed E-state index contributed by atoms with van der Waals surface area (Å²) in [6.45, 7) is 11.1. The molecule has 166 valence electrons. The van der Waals surface area contributed by atoms with Crippen molar-refractivity contribution in [1.82, 2.24) is 0 Å². The normalized spacial score (nSPS) is 17.2. The average molecular weight is 440 g/mol. The lowest BCUT2D eigenvalue weighted by molar-refractivity contribution is 0.179. The SMILES string of the molecule is CCC(C)(C)[C@H]1CCc2oc3ccc(NS(=O)(=O)c4ccc(C(C)C)cc4)cc3c2C1. The van der Waals surface area contributed by atoms with Crippen molar-refractivity contribution in [2.45, 2.75) is 71.1 Å². The maximum Gasteiger partial charge on any atom is 0.261 e. The molecule has 0 unspecified atom stereocenters. The van der Waals surface area contributed by atoms with Gasteiger partial charge in [0.25, 0.3) is 10.0 Å². The number of hydrogen-bond donors (Lipinski definition) is 1. The van der Waals surface area contributed by atoms with Crippen molar-refractivity contribution in [3.63, 3.8) is 0 Å². The minimum Gasteiger partial charge on any atom is -0.461 e. The van der Waals surface area contributed by atoms with E-state index in [0.717, 1.165) is 48.0 Å². The molecule has 5 heteroatoms. The zero-order chi connectivity index (χ0) is 22.4. The molecule has 2 aromatic carbocycles. The van der Waals surface area contributed by atoms with Gasteiger partial charge in [0.05, 0.1) is 4.90 Å². The monoisotopic (exact) mass is 439 g/mol. The fraction of sp³-hybridized carbons (Fsp3) is 0.462. The Bertz CT molecular complexity index is 1190. The Hall–Kier alpha value is -2.27. The highest BCUT2D eigenvalue weighted by Crippen LogP contribution is 2.43. The van der Waals surface area contributed by atoms with Crippen LogP contribution < -0.4 is 4.72 Å². The van der Waals surface area contributed by atoms with Gasteiger partial charge in [0.1, 0.15) is 11.3 Å². The minimum absolute atomic E-state index is 0.274. The second kappa shape index (κ2) is 8.01. The molecule has 4 rings (SSSR count). The lowest BCUT2D eigenvalue weighted by Crippen LogP contribution is -2.28. The van der Waals surface area contributed by atoms with Crippen molar-refractivity contribution in [2.24, 2.45) is 11.3 Å².